The van der Waals surface area contributed by atoms with E-state index in [2.05, 4.69) is 15.4 Å². The number of benzene rings is 1. The molecular weight excluding hydrogens is 282 g/mol. The number of methoxy groups -OCH3 is 1. The molecule has 1 saturated heterocycles. The van der Waals surface area contributed by atoms with Gasteiger partial charge in [-0.05, 0) is 32.0 Å². The van der Waals surface area contributed by atoms with E-state index in [1.165, 1.54) is 19.2 Å². The van der Waals surface area contributed by atoms with Gasteiger partial charge in [0, 0.05) is 17.8 Å². The van der Waals surface area contributed by atoms with Gasteiger partial charge in [-0.15, -0.1) is 0 Å². The molecule has 1 heterocycles. The van der Waals surface area contributed by atoms with Crippen LogP contribution in [0.1, 0.15) is 13.3 Å². The van der Waals surface area contributed by atoms with Crippen molar-refractivity contribution in [2.45, 2.75) is 26.0 Å². The van der Waals surface area contributed by atoms with Gasteiger partial charge in [-0.25, -0.2) is 0 Å². The van der Waals surface area contributed by atoms with Gasteiger partial charge in [0.1, 0.15) is 0 Å². The second kappa shape index (κ2) is 6.71. The van der Waals surface area contributed by atoms with Crippen molar-refractivity contribution >= 4 is 11.6 Å². The van der Waals surface area contributed by atoms with Gasteiger partial charge in [-0.1, -0.05) is 0 Å². The van der Waals surface area contributed by atoms with Crippen LogP contribution in [0, 0.1) is 5.92 Å². The highest BCUT2D eigenvalue weighted by Gasteiger charge is 2.29. The smallest absolute Gasteiger partial charge is 0.387 e. The Morgan fingerprint density at radius 1 is 1.43 bits per heavy atom. The third-order valence-electron chi connectivity index (χ3n) is 3.51. The monoisotopic (exact) mass is 300 g/mol. The van der Waals surface area contributed by atoms with Gasteiger partial charge in [0.25, 0.3) is 0 Å². The number of halogens is 2. The molecule has 1 aromatic carbocycles. The van der Waals surface area contributed by atoms with Crippen LogP contribution >= 0.6 is 0 Å². The van der Waals surface area contributed by atoms with Crippen molar-refractivity contribution in [3.63, 3.8) is 0 Å². The first-order valence-electron chi connectivity index (χ1n) is 6.68. The highest BCUT2D eigenvalue weighted by Crippen LogP contribution is 2.32. The first kappa shape index (κ1) is 15.5. The van der Waals surface area contributed by atoms with E-state index < -0.39 is 6.61 Å². The molecule has 0 bridgehead atoms. The Morgan fingerprint density at radius 2 is 2.19 bits per heavy atom. The Morgan fingerprint density at radius 3 is 2.76 bits per heavy atom. The van der Waals surface area contributed by atoms with Gasteiger partial charge >= 0.3 is 6.61 Å². The Balaban J connectivity index is 2.11. The molecule has 21 heavy (non-hydrogen) atoms. The van der Waals surface area contributed by atoms with Crippen molar-refractivity contribution in [1.29, 1.82) is 0 Å². The molecule has 2 unspecified atom stereocenters. The topological polar surface area (TPSA) is 59.6 Å². The molecule has 0 aromatic heterocycles. The quantitative estimate of drug-likeness (QED) is 0.875. The number of carbonyl (C=O) groups excluding carboxylic acids is 1. The maximum Gasteiger partial charge on any atom is 0.387 e. The highest BCUT2D eigenvalue weighted by molar-refractivity contribution is 5.93. The number of amides is 1. The molecule has 0 radical (unpaired) electrons. The summed E-state index contributed by atoms with van der Waals surface area (Å²) in [6, 6.07) is 4.49. The molecule has 1 amide bonds. The van der Waals surface area contributed by atoms with Gasteiger partial charge in [0.05, 0.1) is 13.0 Å². The standard InChI is InChI=1S/C14H18F2N2O3/c1-8-10(5-6-17-8)13(19)18-9-3-4-11(20-2)12(7-9)21-14(15)16/h3-4,7-8,10,14,17H,5-6H2,1-2H3,(H,18,19). The Labute approximate surface area is 121 Å². The average Bonchev–Trinajstić information content (AvgIpc) is 2.85. The summed E-state index contributed by atoms with van der Waals surface area (Å²) < 4.78 is 34.0. The molecule has 116 valence electrons. The van der Waals surface area contributed by atoms with Crippen LogP contribution in [0.25, 0.3) is 0 Å². The molecule has 1 fully saturated rings. The zero-order valence-electron chi connectivity index (χ0n) is 11.9. The second-order valence-electron chi connectivity index (χ2n) is 4.87. The molecular formula is C14H18F2N2O3. The van der Waals surface area contributed by atoms with E-state index in [0.29, 0.717) is 5.69 Å². The van der Waals surface area contributed by atoms with Gasteiger partial charge in [-0.2, -0.15) is 8.78 Å². The van der Waals surface area contributed by atoms with Gasteiger partial charge in [0.15, 0.2) is 11.5 Å². The summed E-state index contributed by atoms with van der Waals surface area (Å²) in [6.45, 7) is -0.220. The molecule has 1 aliphatic rings. The van der Waals surface area contributed by atoms with E-state index in [4.69, 9.17) is 4.74 Å². The fourth-order valence-electron chi connectivity index (χ4n) is 2.39. The molecule has 1 aliphatic heterocycles. The van der Waals surface area contributed by atoms with Gasteiger partial charge in [-0.3, -0.25) is 4.79 Å². The Bertz CT molecular complexity index is 511. The summed E-state index contributed by atoms with van der Waals surface area (Å²) in [7, 11) is 1.36. The summed E-state index contributed by atoms with van der Waals surface area (Å²) in [5.74, 6) is -0.195. The van der Waals surface area contributed by atoms with Crippen LogP contribution in [-0.4, -0.2) is 32.2 Å². The molecule has 0 saturated carbocycles. The lowest BCUT2D eigenvalue weighted by Gasteiger charge is -2.16. The number of nitrogens with one attached hydrogen (secondary N) is 2. The Kier molecular flexibility index (Phi) is 4.95. The predicted molar refractivity (Wildman–Crippen MR) is 73.8 cm³/mol. The minimum atomic E-state index is -2.95. The van der Waals surface area contributed by atoms with Crippen LogP contribution < -0.4 is 20.1 Å². The summed E-state index contributed by atoms with van der Waals surface area (Å²) in [5, 5.41) is 5.91. The number of rotatable bonds is 5. The number of hydrogen-bond acceptors (Lipinski definition) is 4. The van der Waals surface area contributed by atoms with Crippen molar-refractivity contribution in [2.75, 3.05) is 19.0 Å². The van der Waals surface area contributed by atoms with E-state index in [0.717, 1.165) is 13.0 Å². The molecule has 2 atom stereocenters. The van der Waals surface area contributed by atoms with Crippen LogP contribution in [-0.2, 0) is 4.79 Å². The summed E-state index contributed by atoms with van der Waals surface area (Å²) in [4.78, 5) is 12.1. The molecule has 0 spiro atoms. The van der Waals surface area contributed by atoms with Crippen LogP contribution in [0.2, 0.25) is 0 Å². The van der Waals surface area contributed by atoms with Crippen LogP contribution in [0.5, 0.6) is 11.5 Å². The van der Waals surface area contributed by atoms with Crippen LogP contribution in [0.3, 0.4) is 0 Å². The summed E-state index contributed by atoms with van der Waals surface area (Å²) >= 11 is 0. The van der Waals surface area contributed by atoms with Crippen molar-refractivity contribution < 1.29 is 23.0 Å². The largest absolute Gasteiger partial charge is 0.493 e. The highest BCUT2D eigenvalue weighted by atomic mass is 19.3. The second-order valence-corrected chi connectivity index (χ2v) is 4.87. The predicted octanol–water partition coefficient (Wildman–Crippen LogP) is 2.23. The molecule has 0 aliphatic carbocycles. The van der Waals surface area contributed by atoms with E-state index in [9.17, 15) is 13.6 Å². The average molecular weight is 300 g/mol. The summed E-state index contributed by atoms with van der Waals surface area (Å²) in [5.41, 5.74) is 0.399. The van der Waals surface area contributed by atoms with Crippen LogP contribution in [0.15, 0.2) is 18.2 Å². The minimum absolute atomic E-state index is 0.0973. The van der Waals surface area contributed by atoms with E-state index in [1.54, 1.807) is 6.07 Å². The maximum absolute atomic E-state index is 12.4. The SMILES string of the molecule is COc1ccc(NC(=O)C2CCNC2C)cc1OC(F)F. The number of hydrogen-bond donors (Lipinski definition) is 2. The van der Waals surface area contributed by atoms with Gasteiger partial charge in [0.2, 0.25) is 5.91 Å². The van der Waals surface area contributed by atoms with E-state index in [-0.39, 0.29) is 29.4 Å². The first-order chi connectivity index (χ1) is 10.0. The van der Waals surface area contributed by atoms with Crippen molar-refractivity contribution in [1.82, 2.24) is 5.32 Å². The maximum atomic E-state index is 12.4. The number of carbonyl (C=O) groups is 1. The van der Waals surface area contributed by atoms with Crippen molar-refractivity contribution in [3.05, 3.63) is 18.2 Å². The fraction of sp³-hybridized carbons (Fsp3) is 0.500. The first-order valence-corrected chi connectivity index (χ1v) is 6.68. The minimum Gasteiger partial charge on any atom is -0.493 e. The number of anilines is 1. The van der Waals surface area contributed by atoms with Crippen molar-refractivity contribution in [3.8, 4) is 11.5 Å². The lowest BCUT2D eigenvalue weighted by molar-refractivity contribution is -0.120. The van der Waals surface area contributed by atoms with Crippen LogP contribution in [0.4, 0.5) is 14.5 Å². The third kappa shape index (κ3) is 3.81. The third-order valence-corrected chi connectivity index (χ3v) is 3.51. The number of ether oxygens (including phenoxy) is 2. The zero-order chi connectivity index (χ0) is 15.4. The molecule has 7 heteroatoms. The summed E-state index contributed by atoms with van der Waals surface area (Å²) in [6.07, 6.45) is 0.754. The normalized spacial score (nSPS) is 21.4. The number of alkyl halides is 2. The lowest BCUT2D eigenvalue weighted by Crippen LogP contribution is -2.32. The molecule has 2 N–H and O–H groups in total. The molecule has 2 rings (SSSR count). The fourth-order valence-corrected chi connectivity index (χ4v) is 2.39. The van der Waals surface area contributed by atoms with Crippen molar-refractivity contribution in [2.24, 2.45) is 5.92 Å². The van der Waals surface area contributed by atoms with E-state index in [1.807, 2.05) is 6.92 Å². The Hall–Kier alpha value is -1.89. The molecule has 5 nitrogen and oxygen atoms in total. The lowest BCUT2D eigenvalue weighted by atomic mass is 10.0. The van der Waals surface area contributed by atoms with E-state index >= 15 is 0 Å². The molecule has 1 aromatic rings. The zero-order valence-corrected chi connectivity index (χ0v) is 11.9. The van der Waals surface area contributed by atoms with Gasteiger partial charge < -0.3 is 20.1 Å².